The molecule has 0 aliphatic heterocycles. The van der Waals surface area contributed by atoms with E-state index in [2.05, 4.69) is 10.3 Å². The third-order valence-electron chi connectivity index (χ3n) is 4.60. The van der Waals surface area contributed by atoms with Gasteiger partial charge in [-0.2, -0.15) is 0 Å². The van der Waals surface area contributed by atoms with Crippen molar-refractivity contribution in [3.8, 4) is 5.75 Å². The third-order valence-corrected chi connectivity index (χ3v) is 5.22. The second-order valence-corrected chi connectivity index (χ2v) is 7.40. The van der Waals surface area contributed by atoms with Crippen LogP contribution in [0.25, 0.3) is 10.8 Å². The predicted molar refractivity (Wildman–Crippen MR) is 124 cm³/mol. The molecule has 0 unspecified atom stereocenters. The number of anilines is 1. The van der Waals surface area contributed by atoms with Crippen LogP contribution in [0.15, 0.2) is 83.9 Å². The maximum absolute atomic E-state index is 12.5. The number of fused-ring (bicyclic) bond motifs is 1. The van der Waals surface area contributed by atoms with Crippen LogP contribution in [0.4, 0.5) is 11.4 Å². The van der Waals surface area contributed by atoms with Crippen molar-refractivity contribution in [2.45, 2.75) is 0 Å². The van der Waals surface area contributed by atoms with Gasteiger partial charge in [0.15, 0.2) is 0 Å². The van der Waals surface area contributed by atoms with Crippen LogP contribution in [0.3, 0.4) is 0 Å². The zero-order valence-corrected chi connectivity index (χ0v) is 17.2. The Balaban J connectivity index is 1.68. The lowest BCUT2D eigenvalue weighted by Crippen LogP contribution is -2.11. The molecule has 1 amide bonds. The van der Waals surface area contributed by atoms with E-state index in [9.17, 15) is 9.90 Å². The van der Waals surface area contributed by atoms with Gasteiger partial charge >= 0.3 is 0 Å². The van der Waals surface area contributed by atoms with Crippen LogP contribution in [0.2, 0.25) is 10.0 Å². The molecule has 0 spiro atoms. The zero-order valence-electron chi connectivity index (χ0n) is 15.6. The highest BCUT2D eigenvalue weighted by Crippen LogP contribution is 2.35. The molecule has 0 radical (unpaired) electrons. The molecule has 30 heavy (non-hydrogen) atoms. The number of nitrogens with zero attached hydrogens (tertiary/aromatic N) is 1. The van der Waals surface area contributed by atoms with Gasteiger partial charge in [-0.15, -0.1) is 0 Å². The number of carbonyl (C=O) groups excluding carboxylic acids is 1. The number of hydrogen-bond acceptors (Lipinski definition) is 3. The fourth-order valence-corrected chi connectivity index (χ4v) is 3.55. The van der Waals surface area contributed by atoms with Gasteiger partial charge < -0.3 is 10.4 Å². The van der Waals surface area contributed by atoms with E-state index in [0.29, 0.717) is 32.5 Å². The van der Waals surface area contributed by atoms with Crippen molar-refractivity contribution in [1.29, 1.82) is 0 Å². The van der Waals surface area contributed by atoms with Gasteiger partial charge in [-0.1, -0.05) is 71.7 Å². The summed E-state index contributed by atoms with van der Waals surface area (Å²) in [5, 5.41) is 15.6. The second-order valence-electron chi connectivity index (χ2n) is 6.58. The Hall–Kier alpha value is -3.34. The number of amides is 1. The normalized spacial score (nSPS) is 11.1. The molecule has 4 nitrogen and oxygen atoms in total. The lowest BCUT2D eigenvalue weighted by molar-refractivity contribution is 0.102. The number of rotatable bonds is 4. The molecule has 4 aromatic rings. The fourth-order valence-electron chi connectivity index (χ4n) is 3.07. The van der Waals surface area contributed by atoms with Crippen molar-refractivity contribution in [3.63, 3.8) is 0 Å². The molecule has 0 aromatic heterocycles. The third kappa shape index (κ3) is 4.15. The quantitative estimate of drug-likeness (QED) is 0.344. The first-order valence-corrected chi connectivity index (χ1v) is 9.89. The molecule has 0 saturated heterocycles. The second kappa shape index (κ2) is 8.57. The molecule has 4 rings (SSSR count). The van der Waals surface area contributed by atoms with Gasteiger partial charge in [0.2, 0.25) is 0 Å². The Bertz CT molecular complexity index is 1270. The molecule has 0 fully saturated rings. The molecule has 0 aliphatic carbocycles. The maximum atomic E-state index is 12.5. The molecular weight excluding hydrogens is 419 g/mol. The van der Waals surface area contributed by atoms with E-state index in [1.807, 2.05) is 36.4 Å². The van der Waals surface area contributed by atoms with Crippen LogP contribution < -0.4 is 5.32 Å². The molecular formula is C24H16Cl2N2O2. The highest BCUT2D eigenvalue weighted by Gasteiger charge is 2.12. The number of hydrogen-bond donors (Lipinski definition) is 2. The van der Waals surface area contributed by atoms with Gasteiger partial charge in [0.1, 0.15) is 5.75 Å². The standard InChI is InChI=1S/C24H16Cl2N2O2/c25-19-12-20(26)22(28-24(30)16-7-2-1-3-8-16)13-21(19)27-14-18-17-9-5-4-6-15(17)10-11-23(18)29/h1-14,29H,(H,28,30). The van der Waals surface area contributed by atoms with Crippen molar-refractivity contribution in [2.75, 3.05) is 5.32 Å². The van der Waals surface area contributed by atoms with E-state index < -0.39 is 0 Å². The smallest absolute Gasteiger partial charge is 0.255 e. The van der Waals surface area contributed by atoms with Crippen LogP contribution in [0, 0.1) is 0 Å². The van der Waals surface area contributed by atoms with Gasteiger partial charge in [0.25, 0.3) is 5.91 Å². The first kappa shape index (κ1) is 20.0. The topological polar surface area (TPSA) is 61.7 Å². The SMILES string of the molecule is O=C(Nc1cc(N=Cc2c(O)ccc3ccccc23)c(Cl)cc1Cl)c1ccccc1. The van der Waals surface area contributed by atoms with Crippen molar-refractivity contribution in [3.05, 3.63) is 100 Å². The molecule has 148 valence electrons. The largest absolute Gasteiger partial charge is 0.507 e. The van der Waals surface area contributed by atoms with Gasteiger partial charge in [0.05, 0.1) is 21.4 Å². The van der Waals surface area contributed by atoms with E-state index >= 15 is 0 Å². The molecule has 0 saturated carbocycles. The minimum absolute atomic E-state index is 0.111. The van der Waals surface area contributed by atoms with Crippen LogP contribution in [0.5, 0.6) is 5.75 Å². The summed E-state index contributed by atoms with van der Waals surface area (Å²) in [6, 6.07) is 23.1. The minimum atomic E-state index is -0.290. The lowest BCUT2D eigenvalue weighted by atomic mass is 10.0. The summed E-state index contributed by atoms with van der Waals surface area (Å²) in [6.07, 6.45) is 1.55. The zero-order chi connectivity index (χ0) is 21.1. The van der Waals surface area contributed by atoms with E-state index in [1.54, 1.807) is 42.6 Å². The molecule has 6 heteroatoms. The summed E-state index contributed by atoms with van der Waals surface area (Å²) in [5.74, 6) is -0.179. The number of benzene rings is 4. The summed E-state index contributed by atoms with van der Waals surface area (Å²) < 4.78 is 0. The first-order chi connectivity index (χ1) is 14.5. The maximum Gasteiger partial charge on any atom is 0.255 e. The van der Waals surface area contributed by atoms with Crippen LogP contribution in [-0.2, 0) is 0 Å². The van der Waals surface area contributed by atoms with Gasteiger partial charge in [0, 0.05) is 17.3 Å². The Labute approximate surface area is 183 Å². The summed E-state index contributed by atoms with van der Waals surface area (Å²) in [5.41, 5.74) is 1.89. The predicted octanol–water partition coefficient (Wildman–Crippen LogP) is 6.86. The highest BCUT2D eigenvalue weighted by atomic mass is 35.5. The summed E-state index contributed by atoms with van der Waals surface area (Å²) >= 11 is 12.6. The fraction of sp³-hybridized carbons (Fsp3) is 0. The molecule has 4 aromatic carbocycles. The van der Waals surface area contributed by atoms with Crippen LogP contribution in [0.1, 0.15) is 15.9 Å². The molecule has 2 N–H and O–H groups in total. The number of phenols is 1. The highest BCUT2D eigenvalue weighted by molar-refractivity contribution is 6.38. The molecule has 0 aliphatic rings. The van der Waals surface area contributed by atoms with E-state index in [1.165, 1.54) is 6.07 Å². The number of aliphatic imine (C=N–C) groups is 1. The number of phenolic OH excluding ortho intramolecular Hbond substituents is 1. The number of aromatic hydroxyl groups is 1. The Morgan fingerprint density at radius 1 is 0.900 bits per heavy atom. The Kier molecular flexibility index (Phi) is 5.70. The lowest BCUT2D eigenvalue weighted by Gasteiger charge is -2.10. The molecule has 0 atom stereocenters. The van der Waals surface area contributed by atoms with Gasteiger partial charge in [-0.05, 0) is 41.1 Å². The summed E-state index contributed by atoms with van der Waals surface area (Å²) in [4.78, 5) is 16.9. The van der Waals surface area contributed by atoms with Crippen LogP contribution in [-0.4, -0.2) is 17.2 Å². The van der Waals surface area contributed by atoms with Gasteiger partial charge in [-0.3, -0.25) is 9.79 Å². The number of halogens is 2. The molecule has 0 bridgehead atoms. The first-order valence-electron chi connectivity index (χ1n) is 9.13. The average Bonchev–Trinajstić information content (AvgIpc) is 2.76. The summed E-state index contributed by atoms with van der Waals surface area (Å²) in [6.45, 7) is 0. The van der Waals surface area contributed by atoms with Crippen molar-refractivity contribution in [1.82, 2.24) is 0 Å². The summed E-state index contributed by atoms with van der Waals surface area (Å²) in [7, 11) is 0. The average molecular weight is 435 g/mol. The monoisotopic (exact) mass is 434 g/mol. The van der Waals surface area contributed by atoms with E-state index in [-0.39, 0.29) is 11.7 Å². The number of nitrogens with one attached hydrogen (secondary N) is 1. The van der Waals surface area contributed by atoms with Crippen LogP contribution >= 0.6 is 23.2 Å². The van der Waals surface area contributed by atoms with E-state index in [0.717, 1.165) is 10.8 Å². The van der Waals surface area contributed by atoms with Crippen molar-refractivity contribution < 1.29 is 9.90 Å². The van der Waals surface area contributed by atoms with Crippen molar-refractivity contribution >= 4 is 57.5 Å². The van der Waals surface area contributed by atoms with E-state index in [4.69, 9.17) is 23.2 Å². The van der Waals surface area contributed by atoms with Crippen molar-refractivity contribution in [2.24, 2.45) is 4.99 Å². The molecule has 0 heterocycles. The van der Waals surface area contributed by atoms with Gasteiger partial charge in [-0.25, -0.2) is 0 Å². The Morgan fingerprint density at radius 2 is 1.63 bits per heavy atom. The Morgan fingerprint density at radius 3 is 2.43 bits per heavy atom. The number of carbonyl (C=O) groups is 1. The minimum Gasteiger partial charge on any atom is -0.507 e.